The zero-order valence-electron chi connectivity index (χ0n) is 20.8. The van der Waals surface area contributed by atoms with Gasteiger partial charge in [-0.1, -0.05) is 109 Å². The summed E-state index contributed by atoms with van der Waals surface area (Å²) in [5.41, 5.74) is 8.58. The highest BCUT2D eigenvalue weighted by atomic mass is 79.9. The summed E-state index contributed by atoms with van der Waals surface area (Å²) in [4.78, 5) is 2.35. The molecule has 36 heavy (non-hydrogen) atoms. The van der Waals surface area contributed by atoms with Crippen LogP contribution >= 0.6 is 15.9 Å². The molecular weight excluding hydrogens is 502 g/mol. The number of nitrogens with zero attached hydrogens (tertiary/aromatic N) is 1. The van der Waals surface area contributed by atoms with Gasteiger partial charge in [0.2, 0.25) is 0 Å². The summed E-state index contributed by atoms with van der Waals surface area (Å²) in [7, 11) is 0. The van der Waals surface area contributed by atoms with Crippen molar-refractivity contribution in [1.82, 2.24) is 0 Å². The topological polar surface area (TPSA) is 3.24 Å². The lowest BCUT2D eigenvalue weighted by Crippen LogP contribution is -2.10. The van der Waals surface area contributed by atoms with E-state index in [1.54, 1.807) is 0 Å². The van der Waals surface area contributed by atoms with E-state index in [2.05, 4.69) is 156 Å². The van der Waals surface area contributed by atoms with Crippen LogP contribution < -0.4 is 4.90 Å². The Morgan fingerprint density at radius 2 is 1.19 bits per heavy atom. The third kappa shape index (κ3) is 5.15. The molecule has 178 valence electrons. The van der Waals surface area contributed by atoms with Gasteiger partial charge in [0.25, 0.3) is 0 Å². The predicted octanol–water partition coefficient (Wildman–Crippen LogP) is 10.4. The Morgan fingerprint density at radius 1 is 0.611 bits per heavy atom. The number of anilines is 3. The monoisotopic (exact) mass is 531 g/mol. The van der Waals surface area contributed by atoms with E-state index in [-0.39, 0.29) is 0 Å². The number of benzene rings is 5. The molecule has 0 N–H and O–H groups in total. The van der Waals surface area contributed by atoms with Gasteiger partial charge in [0.05, 0.1) is 0 Å². The average molecular weight is 533 g/mol. The maximum absolute atomic E-state index is 3.72. The third-order valence-electron chi connectivity index (χ3n) is 6.65. The standard InChI is InChI=1S/C34H30BrN/c1-3-25-9-5-14-31(23-25)36(32-15-6-10-26(4-2)24-32)30-21-18-27(19-22-30)17-20-29-12-7-11-28-13-8-16-33(35)34(28)29/h5-24H,3-4H2,1-2H3/b20-17+. The molecule has 0 heterocycles. The van der Waals surface area contributed by atoms with Crippen LogP contribution in [0.3, 0.4) is 0 Å². The second-order valence-electron chi connectivity index (χ2n) is 8.99. The molecule has 2 heteroatoms. The molecule has 0 aliphatic heterocycles. The van der Waals surface area contributed by atoms with Crippen molar-refractivity contribution in [3.63, 3.8) is 0 Å². The smallest absolute Gasteiger partial charge is 0.0464 e. The van der Waals surface area contributed by atoms with Gasteiger partial charge in [-0.25, -0.2) is 0 Å². The fourth-order valence-electron chi connectivity index (χ4n) is 4.66. The summed E-state index contributed by atoms with van der Waals surface area (Å²) in [5, 5.41) is 2.48. The molecule has 0 aliphatic rings. The lowest BCUT2D eigenvalue weighted by Gasteiger charge is -2.26. The average Bonchev–Trinajstić information content (AvgIpc) is 2.93. The van der Waals surface area contributed by atoms with Crippen LogP contribution in [0.15, 0.2) is 114 Å². The molecule has 5 rings (SSSR count). The number of hydrogen-bond acceptors (Lipinski definition) is 1. The second-order valence-corrected chi connectivity index (χ2v) is 9.85. The van der Waals surface area contributed by atoms with Crippen LogP contribution in [-0.2, 0) is 12.8 Å². The van der Waals surface area contributed by atoms with Crippen molar-refractivity contribution in [2.24, 2.45) is 0 Å². The summed E-state index contributed by atoms with van der Waals surface area (Å²) in [6, 6.07) is 39.3. The Kier molecular flexibility index (Phi) is 7.34. The van der Waals surface area contributed by atoms with Gasteiger partial charge < -0.3 is 4.90 Å². The second kappa shape index (κ2) is 11.0. The summed E-state index contributed by atoms with van der Waals surface area (Å²) in [6.45, 7) is 4.41. The van der Waals surface area contributed by atoms with E-state index in [0.29, 0.717) is 0 Å². The zero-order chi connectivity index (χ0) is 24.9. The minimum absolute atomic E-state index is 1.02. The van der Waals surface area contributed by atoms with E-state index in [9.17, 15) is 0 Å². The molecule has 0 unspecified atom stereocenters. The quantitative estimate of drug-likeness (QED) is 0.189. The molecular formula is C34H30BrN. The molecule has 0 aromatic heterocycles. The van der Waals surface area contributed by atoms with Crippen molar-refractivity contribution >= 4 is 55.9 Å². The van der Waals surface area contributed by atoms with Crippen molar-refractivity contribution in [1.29, 1.82) is 0 Å². The molecule has 0 aliphatic carbocycles. The molecule has 0 spiro atoms. The first-order chi connectivity index (χ1) is 17.7. The first-order valence-electron chi connectivity index (χ1n) is 12.6. The van der Waals surface area contributed by atoms with Gasteiger partial charge in [-0.05, 0) is 82.9 Å². The molecule has 0 atom stereocenters. The minimum Gasteiger partial charge on any atom is -0.310 e. The number of aryl methyl sites for hydroxylation is 2. The van der Waals surface area contributed by atoms with Gasteiger partial charge in [-0.2, -0.15) is 0 Å². The fourth-order valence-corrected chi connectivity index (χ4v) is 5.27. The molecule has 0 saturated carbocycles. The van der Waals surface area contributed by atoms with Crippen molar-refractivity contribution in [3.05, 3.63) is 136 Å². The van der Waals surface area contributed by atoms with Gasteiger partial charge in [0, 0.05) is 26.9 Å². The van der Waals surface area contributed by atoms with E-state index < -0.39 is 0 Å². The van der Waals surface area contributed by atoms with Crippen LogP contribution in [0.4, 0.5) is 17.1 Å². The maximum atomic E-state index is 3.72. The Hall–Kier alpha value is -3.62. The summed E-state index contributed by atoms with van der Waals surface area (Å²) in [5.74, 6) is 0. The number of fused-ring (bicyclic) bond motifs is 1. The molecule has 0 bridgehead atoms. The van der Waals surface area contributed by atoms with Gasteiger partial charge in [-0.3, -0.25) is 0 Å². The third-order valence-corrected chi connectivity index (χ3v) is 7.31. The predicted molar refractivity (Wildman–Crippen MR) is 160 cm³/mol. The molecule has 1 nitrogen and oxygen atoms in total. The van der Waals surface area contributed by atoms with Crippen molar-refractivity contribution < 1.29 is 0 Å². The molecule has 0 radical (unpaired) electrons. The van der Waals surface area contributed by atoms with Crippen LogP contribution in [0.2, 0.25) is 0 Å². The van der Waals surface area contributed by atoms with Gasteiger partial charge in [-0.15, -0.1) is 0 Å². The van der Waals surface area contributed by atoms with E-state index in [0.717, 1.165) is 23.0 Å². The highest BCUT2D eigenvalue weighted by Gasteiger charge is 2.13. The van der Waals surface area contributed by atoms with E-state index in [4.69, 9.17) is 0 Å². The van der Waals surface area contributed by atoms with Crippen LogP contribution in [0.5, 0.6) is 0 Å². The van der Waals surface area contributed by atoms with E-state index in [1.165, 1.54) is 44.4 Å². The van der Waals surface area contributed by atoms with Gasteiger partial charge in [0.15, 0.2) is 0 Å². The lowest BCUT2D eigenvalue weighted by atomic mass is 10.0. The Balaban J connectivity index is 1.50. The van der Waals surface area contributed by atoms with Crippen molar-refractivity contribution in [3.8, 4) is 0 Å². The highest BCUT2D eigenvalue weighted by molar-refractivity contribution is 9.10. The summed E-state index contributed by atoms with van der Waals surface area (Å²) >= 11 is 3.72. The Labute approximate surface area is 222 Å². The molecule has 0 amide bonds. The first kappa shape index (κ1) is 24.1. The van der Waals surface area contributed by atoms with Crippen molar-refractivity contribution in [2.45, 2.75) is 26.7 Å². The van der Waals surface area contributed by atoms with Crippen LogP contribution in [0.25, 0.3) is 22.9 Å². The first-order valence-corrected chi connectivity index (χ1v) is 13.4. The lowest BCUT2D eigenvalue weighted by molar-refractivity contribution is 1.12. The molecule has 0 saturated heterocycles. The zero-order valence-corrected chi connectivity index (χ0v) is 22.4. The molecule has 0 fully saturated rings. The Morgan fingerprint density at radius 3 is 1.81 bits per heavy atom. The Bertz CT molecular complexity index is 1460. The minimum atomic E-state index is 1.02. The summed E-state index contributed by atoms with van der Waals surface area (Å²) in [6.07, 6.45) is 6.43. The number of halogens is 1. The maximum Gasteiger partial charge on any atom is 0.0464 e. The van der Waals surface area contributed by atoms with Gasteiger partial charge in [0.1, 0.15) is 0 Å². The van der Waals surface area contributed by atoms with Crippen molar-refractivity contribution in [2.75, 3.05) is 4.90 Å². The largest absolute Gasteiger partial charge is 0.310 e. The van der Waals surface area contributed by atoms with E-state index >= 15 is 0 Å². The normalized spacial score (nSPS) is 11.3. The van der Waals surface area contributed by atoms with Gasteiger partial charge >= 0.3 is 0 Å². The van der Waals surface area contributed by atoms with Crippen LogP contribution in [0.1, 0.15) is 36.1 Å². The summed E-state index contributed by atoms with van der Waals surface area (Å²) < 4.78 is 1.12. The SMILES string of the molecule is CCc1cccc(N(c2ccc(/C=C/c3cccc4cccc(Br)c34)cc2)c2cccc(CC)c2)c1. The van der Waals surface area contributed by atoms with Crippen LogP contribution in [-0.4, -0.2) is 0 Å². The van der Waals surface area contributed by atoms with Crippen LogP contribution in [0, 0.1) is 0 Å². The number of rotatable bonds is 7. The number of hydrogen-bond donors (Lipinski definition) is 0. The highest BCUT2D eigenvalue weighted by Crippen LogP contribution is 2.36. The molecule has 5 aromatic rings. The molecule has 5 aromatic carbocycles. The fraction of sp³-hybridized carbons (Fsp3) is 0.118. The van der Waals surface area contributed by atoms with E-state index in [1.807, 2.05) is 0 Å².